The summed E-state index contributed by atoms with van der Waals surface area (Å²) in [7, 11) is 0. The number of hydrogen-bond donors (Lipinski definition) is 1. The van der Waals surface area contributed by atoms with Crippen molar-refractivity contribution in [1.29, 1.82) is 0 Å². The van der Waals surface area contributed by atoms with E-state index in [2.05, 4.69) is 11.1 Å². The summed E-state index contributed by atoms with van der Waals surface area (Å²) in [4.78, 5) is 4.10. The molecule has 0 amide bonds. The Labute approximate surface area is 77.9 Å². The summed E-state index contributed by atoms with van der Waals surface area (Å²) in [6.07, 6.45) is 3.68. The van der Waals surface area contributed by atoms with Gasteiger partial charge in [0.05, 0.1) is 13.2 Å². The minimum absolute atomic E-state index is 0.419. The van der Waals surface area contributed by atoms with Gasteiger partial charge in [-0.3, -0.25) is 4.98 Å². The molecule has 0 aromatic carbocycles. The van der Waals surface area contributed by atoms with E-state index < -0.39 is 0 Å². The molecular formula is C10H14N2O. The van der Waals surface area contributed by atoms with Gasteiger partial charge in [-0.1, -0.05) is 6.07 Å². The molecule has 1 fully saturated rings. The summed E-state index contributed by atoms with van der Waals surface area (Å²) in [6, 6.07) is 4.04. The minimum Gasteiger partial charge on any atom is -0.381 e. The lowest BCUT2D eigenvalue weighted by molar-refractivity contribution is -0.0437. The lowest BCUT2D eigenvalue weighted by atomic mass is 9.86. The molecule has 70 valence electrons. The van der Waals surface area contributed by atoms with Crippen molar-refractivity contribution in [2.75, 3.05) is 19.8 Å². The number of rotatable bonds is 3. The van der Waals surface area contributed by atoms with Crippen LogP contribution in [0.25, 0.3) is 0 Å². The molecular weight excluding hydrogens is 164 g/mol. The summed E-state index contributed by atoms with van der Waals surface area (Å²) < 4.78 is 5.16. The van der Waals surface area contributed by atoms with Crippen LogP contribution in [0.2, 0.25) is 0 Å². The maximum absolute atomic E-state index is 5.73. The molecule has 1 aromatic heterocycles. The van der Waals surface area contributed by atoms with E-state index in [1.165, 1.54) is 5.56 Å². The van der Waals surface area contributed by atoms with Gasteiger partial charge in [-0.2, -0.15) is 0 Å². The van der Waals surface area contributed by atoms with Crippen LogP contribution in [-0.4, -0.2) is 24.7 Å². The maximum Gasteiger partial charge on any atom is 0.0522 e. The molecule has 1 atom stereocenters. The number of nitrogens with zero attached hydrogens (tertiary/aromatic N) is 1. The first-order chi connectivity index (χ1) is 6.42. The highest BCUT2D eigenvalue weighted by Crippen LogP contribution is 2.28. The van der Waals surface area contributed by atoms with E-state index in [4.69, 9.17) is 10.5 Å². The number of nitrogens with two attached hydrogens (primary N) is 1. The van der Waals surface area contributed by atoms with Crippen LogP contribution in [0.1, 0.15) is 11.5 Å². The first kappa shape index (κ1) is 8.66. The van der Waals surface area contributed by atoms with E-state index in [-0.39, 0.29) is 0 Å². The second-order valence-electron chi connectivity index (χ2n) is 3.43. The first-order valence-electron chi connectivity index (χ1n) is 4.59. The van der Waals surface area contributed by atoms with Crippen molar-refractivity contribution in [3.05, 3.63) is 30.1 Å². The second kappa shape index (κ2) is 3.85. The molecule has 0 aliphatic carbocycles. The van der Waals surface area contributed by atoms with Crippen LogP contribution in [-0.2, 0) is 4.74 Å². The van der Waals surface area contributed by atoms with Crippen LogP contribution in [0.5, 0.6) is 0 Å². The Balaban J connectivity index is 2.12. The number of pyridine rings is 1. The Morgan fingerprint density at radius 3 is 2.92 bits per heavy atom. The molecule has 0 saturated carbocycles. The Morgan fingerprint density at radius 1 is 1.62 bits per heavy atom. The summed E-state index contributed by atoms with van der Waals surface area (Å²) in [5, 5.41) is 0. The molecule has 0 radical (unpaired) electrons. The maximum atomic E-state index is 5.73. The van der Waals surface area contributed by atoms with Gasteiger partial charge in [-0.05, 0) is 18.2 Å². The van der Waals surface area contributed by atoms with Gasteiger partial charge in [0, 0.05) is 24.2 Å². The lowest BCUT2D eigenvalue weighted by Crippen LogP contribution is -2.36. The molecule has 2 N–H and O–H groups in total. The van der Waals surface area contributed by atoms with E-state index in [1.807, 2.05) is 12.3 Å². The zero-order valence-corrected chi connectivity index (χ0v) is 7.52. The molecule has 1 unspecified atom stereocenters. The number of hydrogen-bond acceptors (Lipinski definition) is 3. The number of ether oxygens (including phenoxy) is 1. The highest BCUT2D eigenvalue weighted by atomic mass is 16.5. The Kier molecular flexibility index (Phi) is 2.57. The second-order valence-corrected chi connectivity index (χ2v) is 3.43. The van der Waals surface area contributed by atoms with Crippen LogP contribution in [0, 0.1) is 5.92 Å². The third-order valence-electron chi connectivity index (χ3n) is 2.60. The van der Waals surface area contributed by atoms with Crippen molar-refractivity contribution >= 4 is 0 Å². The predicted octanol–water partition coefficient (Wildman–Crippen LogP) is 0.770. The van der Waals surface area contributed by atoms with E-state index >= 15 is 0 Å². The first-order valence-corrected chi connectivity index (χ1v) is 4.59. The van der Waals surface area contributed by atoms with Crippen LogP contribution >= 0.6 is 0 Å². The fourth-order valence-corrected chi connectivity index (χ4v) is 1.68. The summed E-state index contributed by atoms with van der Waals surface area (Å²) in [5.41, 5.74) is 6.97. The molecule has 1 aliphatic heterocycles. The monoisotopic (exact) mass is 178 g/mol. The van der Waals surface area contributed by atoms with Gasteiger partial charge in [0.25, 0.3) is 0 Å². The quantitative estimate of drug-likeness (QED) is 0.743. The predicted molar refractivity (Wildman–Crippen MR) is 50.3 cm³/mol. The number of aromatic nitrogens is 1. The SMILES string of the molecule is NCC(c1cccnc1)C1COC1. The average molecular weight is 178 g/mol. The topological polar surface area (TPSA) is 48.1 Å². The van der Waals surface area contributed by atoms with Gasteiger partial charge in [0.1, 0.15) is 0 Å². The summed E-state index contributed by atoms with van der Waals surface area (Å²) >= 11 is 0. The minimum atomic E-state index is 0.419. The third-order valence-corrected chi connectivity index (χ3v) is 2.60. The largest absolute Gasteiger partial charge is 0.381 e. The third kappa shape index (κ3) is 1.71. The highest BCUT2D eigenvalue weighted by Gasteiger charge is 2.28. The van der Waals surface area contributed by atoms with Crippen molar-refractivity contribution in [1.82, 2.24) is 4.98 Å². The molecule has 1 aliphatic rings. The Hall–Kier alpha value is -0.930. The zero-order valence-electron chi connectivity index (χ0n) is 7.52. The van der Waals surface area contributed by atoms with Crippen LogP contribution in [0.4, 0.5) is 0 Å². The fourth-order valence-electron chi connectivity index (χ4n) is 1.68. The average Bonchev–Trinajstić information content (AvgIpc) is 2.12. The van der Waals surface area contributed by atoms with Gasteiger partial charge in [0.15, 0.2) is 0 Å². The summed E-state index contributed by atoms with van der Waals surface area (Å²) in [6.45, 7) is 2.37. The van der Waals surface area contributed by atoms with E-state index in [0.29, 0.717) is 18.4 Å². The molecule has 3 nitrogen and oxygen atoms in total. The molecule has 1 aromatic rings. The lowest BCUT2D eigenvalue weighted by Gasteiger charge is -2.33. The van der Waals surface area contributed by atoms with Crippen molar-refractivity contribution in [2.24, 2.45) is 11.7 Å². The summed E-state index contributed by atoms with van der Waals surface area (Å²) in [5.74, 6) is 1.01. The van der Waals surface area contributed by atoms with Gasteiger partial charge < -0.3 is 10.5 Å². The molecule has 3 heteroatoms. The molecule has 0 spiro atoms. The van der Waals surface area contributed by atoms with Crippen molar-refractivity contribution < 1.29 is 4.74 Å². The highest BCUT2D eigenvalue weighted by molar-refractivity contribution is 5.16. The molecule has 1 saturated heterocycles. The Morgan fingerprint density at radius 2 is 2.46 bits per heavy atom. The molecule has 2 heterocycles. The van der Waals surface area contributed by atoms with Crippen LogP contribution < -0.4 is 5.73 Å². The van der Waals surface area contributed by atoms with Crippen molar-refractivity contribution in [3.63, 3.8) is 0 Å². The molecule has 13 heavy (non-hydrogen) atoms. The van der Waals surface area contributed by atoms with Crippen LogP contribution in [0.15, 0.2) is 24.5 Å². The van der Waals surface area contributed by atoms with Gasteiger partial charge in [-0.25, -0.2) is 0 Å². The molecule has 2 rings (SSSR count). The fraction of sp³-hybridized carbons (Fsp3) is 0.500. The van der Waals surface area contributed by atoms with Crippen molar-refractivity contribution in [3.8, 4) is 0 Å². The normalized spacial score (nSPS) is 19.5. The van der Waals surface area contributed by atoms with Crippen molar-refractivity contribution in [2.45, 2.75) is 5.92 Å². The van der Waals surface area contributed by atoms with E-state index in [9.17, 15) is 0 Å². The zero-order chi connectivity index (χ0) is 9.10. The standard InChI is InChI=1S/C10H14N2O/c11-4-10(9-6-13-7-9)8-2-1-3-12-5-8/h1-3,5,9-10H,4,6-7,11H2. The van der Waals surface area contributed by atoms with Gasteiger partial charge in [-0.15, -0.1) is 0 Å². The van der Waals surface area contributed by atoms with Gasteiger partial charge >= 0.3 is 0 Å². The van der Waals surface area contributed by atoms with E-state index in [1.54, 1.807) is 6.20 Å². The Bertz CT molecular complexity index is 259. The molecule has 0 bridgehead atoms. The van der Waals surface area contributed by atoms with Crippen LogP contribution in [0.3, 0.4) is 0 Å². The smallest absolute Gasteiger partial charge is 0.0522 e. The van der Waals surface area contributed by atoms with E-state index in [0.717, 1.165) is 13.2 Å². The van der Waals surface area contributed by atoms with Gasteiger partial charge in [0.2, 0.25) is 0 Å².